The van der Waals surface area contributed by atoms with E-state index >= 15 is 0 Å². The highest BCUT2D eigenvalue weighted by Crippen LogP contribution is 2.13. The SMILES string of the molecule is CC(C)CN(CCN(C)C)c1cncc(CCl)n1. The van der Waals surface area contributed by atoms with Crippen LogP contribution in [0.3, 0.4) is 0 Å². The Morgan fingerprint density at radius 3 is 2.50 bits per heavy atom. The van der Waals surface area contributed by atoms with Gasteiger partial charge in [0.05, 0.1) is 17.8 Å². The number of hydrogen-bond acceptors (Lipinski definition) is 4. The number of nitrogens with zero attached hydrogens (tertiary/aromatic N) is 4. The molecular formula is C13H23ClN4. The molecule has 102 valence electrons. The van der Waals surface area contributed by atoms with Crippen molar-refractivity contribution in [3.8, 4) is 0 Å². The van der Waals surface area contributed by atoms with E-state index in [1.807, 2.05) is 6.20 Å². The van der Waals surface area contributed by atoms with E-state index in [4.69, 9.17) is 11.6 Å². The van der Waals surface area contributed by atoms with Crippen LogP contribution in [0.2, 0.25) is 0 Å². The molecule has 0 radical (unpaired) electrons. The highest BCUT2D eigenvalue weighted by Gasteiger charge is 2.11. The van der Waals surface area contributed by atoms with Crippen molar-refractivity contribution in [1.82, 2.24) is 14.9 Å². The maximum Gasteiger partial charge on any atom is 0.147 e. The standard InChI is InChI=1S/C13H23ClN4/c1-11(2)10-18(6-5-17(3)4)13-9-15-8-12(7-14)16-13/h8-9,11H,5-7,10H2,1-4H3. The number of hydrogen-bond donors (Lipinski definition) is 0. The van der Waals surface area contributed by atoms with Crippen molar-refractivity contribution < 1.29 is 0 Å². The van der Waals surface area contributed by atoms with Crippen LogP contribution in [0.1, 0.15) is 19.5 Å². The number of alkyl halides is 1. The zero-order chi connectivity index (χ0) is 13.5. The van der Waals surface area contributed by atoms with Gasteiger partial charge in [0, 0.05) is 25.8 Å². The highest BCUT2D eigenvalue weighted by molar-refractivity contribution is 6.16. The van der Waals surface area contributed by atoms with Gasteiger partial charge >= 0.3 is 0 Å². The van der Waals surface area contributed by atoms with Gasteiger partial charge in [0.1, 0.15) is 5.82 Å². The lowest BCUT2D eigenvalue weighted by molar-refractivity contribution is 0.408. The van der Waals surface area contributed by atoms with Crippen LogP contribution in [0.4, 0.5) is 5.82 Å². The fourth-order valence-corrected chi connectivity index (χ4v) is 1.80. The molecule has 0 saturated carbocycles. The summed E-state index contributed by atoms with van der Waals surface area (Å²) < 4.78 is 0. The van der Waals surface area contributed by atoms with E-state index in [0.29, 0.717) is 11.8 Å². The second-order valence-corrected chi connectivity index (χ2v) is 5.41. The average Bonchev–Trinajstić information content (AvgIpc) is 2.34. The molecule has 0 spiro atoms. The molecule has 5 heteroatoms. The third kappa shape index (κ3) is 5.19. The first-order valence-electron chi connectivity index (χ1n) is 6.29. The summed E-state index contributed by atoms with van der Waals surface area (Å²) in [5, 5.41) is 0. The topological polar surface area (TPSA) is 32.3 Å². The molecule has 0 saturated heterocycles. The minimum atomic E-state index is 0.407. The maximum absolute atomic E-state index is 5.81. The Bertz CT molecular complexity index is 355. The van der Waals surface area contributed by atoms with Gasteiger partial charge in [0.2, 0.25) is 0 Å². The minimum absolute atomic E-state index is 0.407. The summed E-state index contributed by atoms with van der Waals surface area (Å²) in [6.45, 7) is 7.35. The molecule has 18 heavy (non-hydrogen) atoms. The molecule has 0 unspecified atom stereocenters. The van der Waals surface area contributed by atoms with Crippen molar-refractivity contribution in [3.05, 3.63) is 18.1 Å². The molecule has 0 N–H and O–H groups in total. The van der Waals surface area contributed by atoms with E-state index in [-0.39, 0.29) is 0 Å². The van der Waals surface area contributed by atoms with Gasteiger partial charge in [0.25, 0.3) is 0 Å². The molecule has 0 aliphatic heterocycles. The fraction of sp³-hybridized carbons (Fsp3) is 0.692. The molecule has 0 fully saturated rings. The predicted molar refractivity (Wildman–Crippen MR) is 77.2 cm³/mol. The smallest absolute Gasteiger partial charge is 0.147 e. The molecule has 0 atom stereocenters. The van der Waals surface area contributed by atoms with Gasteiger partial charge in [-0.15, -0.1) is 11.6 Å². The molecule has 1 aromatic rings. The van der Waals surface area contributed by atoms with Crippen LogP contribution in [0, 0.1) is 5.92 Å². The lowest BCUT2D eigenvalue weighted by Gasteiger charge is -2.27. The molecule has 0 aliphatic rings. The summed E-state index contributed by atoms with van der Waals surface area (Å²) in [7, 11) is 4.16. The predicted octanol–water partition coefficient (Wildman–Crippen LogP) is 2.24. The number of halogens is 1. The number of aromatic nitrogens is 2. The largest absolute Gasteiger partial charge is 0.354 e. The molecule has 4 nitrogen and oxygen atoms in total. The van der Waals surface area contributed by atoms with E-state index in [1.165, 1.54) is 0 Å². The second kappa shape index (κ2) is 7.54. The van der Waals surface area contributed by atoms with Gasteiger partial charge in [-0.25, -0.2) is 4.98 Å². The Morgan fingerprint density at radius 1 is 1.22 bits per heavy atom. The first-order chi connectivity index (χ1) is 8.52. The monoisotopic (exact) mass is 270 g/mol. The number of likely N-dealkylation sites (N-methyl/N-ethyl adjacent to an activating group) is 1. The first-order valence-corrected chi connectivity index (χ1v) is 6.83. The first kappa shape index (κ1) is 15.2. The zero-order valence-corrected chi connectivity index (χ0v) is 12.5. The van der Waals surface area contributed by atoms with Crippen LogP contribution in [-0.2, 0) is 5.88 Å². The average molecular weight is 271 g/mol. The lowest BCUT2D eigenvalue weighted by atomic mass is 10.2. The Kier molecular flexibility index (Phi) is 6.36. The molecule has 0 aliphatic carbocycles. The van der Waals surface area contributed by atoms with Crippen molar-refractivity contribution in [1.29, 1.82) is 0 Å². The Hall–Kier alpha value is -0.870. The summed E-state index contributed by atoms with van der Waals surface area (Å²) in [5.74, 6) is 1.92. The van der Waals surface area contributed by atoms with Gasteiger partial charge in [-0.3, -0.25) is 4.98 Å². The quantitative estimate of drug-likeness (QED) is 0.712. The molecule has 1 heterocycles. The lowest BCUT2D eigenvalue weighted by Crippen LogP contribution is -2.35. The summed E-state index contributed by atoms with van der Waals surface area (Å²) >= 11 is 5.81. The van der Waals surface area contributed by atoms with Gasteiger partial charge in [-0.1, -0.05) is 13.8 Å². The van der Waals surface area contributed by atoms with Crippen LogP contribution in [-0.4, -0.2) is 48.6 Å². The zero-order valence-electron chi connectivity index (χ0n) is 11.7. The van der Waals surface area contributed by atoms with Crippen molar-refractivity contribution in [2.24, 2.45) is 5.92 Å². The second-order valence-electron chi connectivity index (χ2n) is 5.15. The van der Waals surface area contributed by atoms with Crippen LogP contribution in [0.25, 0.3) is 0 Å². The number of anilines is 1. The van der Waals surface area contributed by atoms with Gasteiger partial charge in [-0.05, 0) is 20.0 Å². The Morgan fingerprint density at radius 2 is 1.94 bits per heavy atom. The van der Waals surface area contributed by atoms with Crippen LogP contribution in [0.15, 0.2) is 12.4 Å². The normalized spacial score (nSPS) is 11.3. The third-order valence-corrected chi connectivity index (χ3v) is 2.81. The maximum atomic E-state index is 5.81. The highest BCUT2D eigenvalue weighted by atomic mass is 35.5. The molecular weight excluding hydrogens is 248 g/mol. The van der Waals surface area contributed by atoms with Crippen molar-refractivity contribution in [2.45, 2.75) is 19.7 Å². The van der Waals surface area contributed by atoms with Gasteiger partial charge in [-0.2, -0.15) is 0 Å². The molecule has 0 aromatic carbocycles. The Balaban J connectivity index is 2.79. The molecule has 0 amide bonds. The third-order valence-electron chi connectivity index (χ3n) is 2.54. The molecule has 1 rings (SSSR count). The van der Waals surface area contributed by atoms with Gasteiger partial charge < -0.3 is 9.80 Å². The van der Waals surface area contributed by atoms with Crippen LogP contribution >= 0.6 is 11.6 Å². The number of rotatable bonds is 7. The summed E-state index contributed by atoms with van der Waals surface area (Å²) in [4.78, 5) is 13.2. The Labute approximate surface area is 115 Å². The van der Waals surface area contributed by atoms with Crippen molar-refractivity contribution >= 4 is 17.4 Å². The summed E-state index contributed by atoms with van der Waals surface area (Å²) in [6.07, 6.45) is 3.53. The summed E-state index contributed by atoms with van der Waals surface area (Å²) in [6, 6.07) is 0. The van der Waals surface area contributed by atoms with E-state index in [2.05, 4.69) is 47.7 Å². The van der Waals surface area contributed by atoms with E-state index in [9.17, 15) is 0 Å². The fourth-order valence-electron chi connectivity index (χ4n) is 1.67. The minimum Gasteiger partial charge on any atom is -0.354 e. The molecule has 0 bridgehead atoms. The van der Waals surface area contributed by atoms with E-state index < -0.39 is 0 Å². The van der Waals surface area contributed by atoms with Crippen LogP contribution < -0.4 is 4.90 Å². The van der Waals surface area contributed by atoms with Crippen molar-refractivity contribution in [2.75, 3.05) is 38.6 Å². The van der Waals surface area contributed by atoms with Gasteiger partial charge in [0.15, 0.2) is 0 Å². The van der Waals surface area contributed by atoms with Crippen molar-refractivity contribution in [3.63, 3.8) is 0 Å². The molecule has 1 aromatic heterocycles. The van der Waals surface area contributed by atoms with Crippen LogP contribution in [0.5, 0.6) is 0 Å². The van der Waals surface area contributed by atoms with E-state index in [1.54, 1.807) is 6.20 Å². The van der Waals surface area contributed by atoms with E-state index in [0.717, 1.165) is 31.1 Å². The summed E-state index contributed by atoms with van der Waals surface area (Å²) in [5.41, 5.74) is 0.827.